The van der Waals surface area contributed by atoms with E-state index in [2.05, 4.69) is 0 Å². The van der Waals surface area contributed by atoms with Gasteiger partial charge in [-0.2, -0.15) is 0 Å². The van der Waals surface area contributed by atoms with Crippen LogP contribution in [0.25, 0.3) is 0 Å². The van der Waals surface area contributed by atoms with Crippen molar-refractivity contribution in [3.8, 4) is 0 Å². The molecule has 0 unspecified atom stereocenters. The second-order valence-corrected chi connectivity index (χ2v) is 7.32. The van der Waals surface area contributed by atoms with E-state index in [0.717, 1.165) is 63.1 Å². The molecule has 0 bridgehead atoms. The molecular weight excluding hydrogens is 314 g/mol. The van der Waals surface area contributed by atoms with E-state index in [-0.39, 0.29) is 5.91 Å². The maximum Gasteiger partial charge on any atom is 0.222 e. The van der Waals surface area contributed by atoms with Crippen molar-refractivity contribution < 1.29 is 9.59 Å². The molecule has 3 rings (SSSR count). The van der Waals surface area contributed by atoms with Gasteiger partial charge in [0.05, 0.1) is 0 Å². The minimum atomic E-state index is 0.218. The Morgan fingerprint density at radius 3 is 2.60 bits per heavy atom. The van der Waals surface area contributed by atoms with Crippen LogP contribution < -0.4 is 5.73 Å². The number of anilines is 1. The molecule has 0 saturated carbocycles. The van der Waals surface area contributed by atoms with Crippen molar-refractivity contribution in [3.05, 3.63) is 29.8 Å². The maximum atomic E-state index is 12.5. The fraction of sp³-hybridized carbons (Fsp3) is 0.600. The molecular formula is C20H29N3O2. The molecule has 25 heavy (non-hydrogen) atoms. The molecule has 1 aromatic rings. The molecule has 136 valence electrons. The van der Waals surface area contributed by atoms with Crippen molar-refractivity contribution in [1.29, 1.82) is 0 Å². The Bertz CT molecular complexity index is 609. The topological polar surface area (TPSA) is 66.6 Å². The molecule has 5 heteroatoms. The lowest BCUT2D eigenvalue weighted by Crippen LogP contribution is -2.44. The van der Waals surface area contributed by atoms with Crippen LogP contribution in [0.5, 0.6) is 0 Å². The minimum Gasteiger partial charge on any atom is -0.399 e. The molecule has 2 saturated heterocycles. The molecule has 0 spiro atoms. The number of benzene rings is 1. The molecule has 0 atom stereocenters. The van der Waals surface area contributed by atoms with E-state index in [9.17, 15) is 9.59 Å². The molecule has 2 amide bonds. The van der Waals surface area contributed by atoms with E-state index in [1.807, 2.05) is 34.1 Å². The van der Waals surface area contributed by atoms with Gasteiger partial charge in [-0.15, -0.1) is 0 Å². The third kappa shape index (κ3) is 4.74. The van der Waals surface area contributed by atoms with Crippen LogP contribution in [-0.4, -0.2) is 47.8 Å². The van der Waals surface area contributed by atoms with Gasteiger partial charge in [-0.25, -0.2) is 0 Å². The number of amides is 2. The van der Waals surface area contributed by atoms with Crippen molar-refractivity contribution in [3.63, 3.8) is 0 Å². The van der Waals surface area contributed by atoms with Crippen LogP contribution in [-0.2, 0) is 16.0 Å². The van der Waals surface area contributed by atoms with Gasteiger partial charge in [0.2, 0.25) is 11.8 Å². The van der Waals surface area contributed by atoms with Crippen LogP contribution in [0.1, 0.15) is 44.1 Å². The highest BCUT2D eigenvalue weighted by molar-refractivity contribution is 5.77. The van der Waals surface area contributed by atoms with Gasteiger partial charge in [-0.3, -0.25) is 9.59 Å². The summed E-state index contributed by atoms with van der Waals surface area (Å²) < 4.78 is 0. The Labute approximate surface area is 150 Å². The van der Waals surface area contributed by atoms with Crippen molar-refractivity contribution in [2.24, 2.45) is 5.92 Å². The van der Waals surface area contributed by atoms with E-state index >= 15 is 0 Å². The first-order valence-corrected chi connectivity index (χ1v) is 9.52. The van der Waals surface area contributed by atoms with Gasteiger partial charge in [0.15, 0.2) is 0 Å². The molecule has 5 nitrogen and oxygen atoms in total. The summed E-state index contributed by atoms with van der Waals surface area (Å²) in [7, 11) is 0. The number of hydrogen-bond acceptors (Lipinski definition) is 3. The summed E-state index contributed by atoms with van der Waals surface area (Å²) in [5.41, 5.74) is 7.76. The van der Waals surface area contributed by atoms with Gasteiger partial charge < -0.3 is 15.5 Å². The Balaban J connectivity index is 1.41. The number of likely N-dealkylation sites (tertiary alicyclic amines) is 2. The number of para-hydroxylation sites is 1. The number of carbonyl (C=O) groups excluding carboxylic acids is 2. The molecule has 2 fully saturated rings. The fourth-order valence-electron chi connectivity index (χ4n) is 3.89. The Morgan fingerprint density at radius 2 is 1.88 bits per heavy atom. The third-order valence-corrected chi connectivity index (χ3v) is 5.53. The molecule has 2 heterocycles. The smallest absolute Gasteiger partial charge is 0.222 e. The summed E-state index contributed by atoms with van der Waals surface area (Å²) in [5.74, 6) is 1.07. The molecule has 0 aromatic heterocycles. The van der Waals surface area contributed by atoms with E-state index in [1.54, 1.807) is 0 Å². The van der Waals surface area contributed by atoms with E-state index in [0.29, 0.717) is 31.1 Å². The number of piperidine rings is 2. The van der Waals surface area contributed by atoms with Crippen LogP contribution in [0, 0.1) is 5.92 Å². The molecule has 1 aromatic carbocycles. The van der Waals surface area contributed by atoms with Gasteiger partial charge in [-0.05, 0) is 49.7 Å². The molecule has 0 aliphatic carbocycles. The summed E-state index contributed by atoms with van der Waals surface area (Å²) in [5, 5.41) is 0. The minimum absolute atomic E-state index is 0.218. The molecule has 2 aliphatic heterocycles. The zero-order chi connectivity index (χ0) is 17.6. The first-order chi connectivity index (χ1) is 12.1. The number of aryl methyl sites for hydroxylation is 1. The lowest BCUT2D eigenvalue weighted by molar-refractivity contribution is -0.136. The van der Waals surface area contributed by atoms with Gasteiger partial charge >= 0.3 is 0 Å². The number of carbonyl (C=O) groups is 2. The standard InChI is InChI=1S/C20H29N3O2/c21-18-6-2-1-5-17(18)8-9-20(25)22-13-10-16(11-14-22)15-23-12-4-3-7-19(23)24/h1-2,5-6,16H,3-4,7-15,21H2. The van der Waals surface area contributed by atoms with Gasteiger partial charge in [0.1, 0.15) is 0 Å². The van der Waals surface area contributed by atoms with Gasteiger partial charge in [0.25, 0.3) is 0 Å². The number of rotatable bonds is 5. The maximum absolute atomic E-state index is 12.5. The number of nitrogens with two attached hydrogens (primary N) is 1. The number of nitrogen functional groups attached to an aromatic ring is 1. The summed E-state index contributed by atoms with van der Waals surface area (Å²) in [6.07, 6.45) is 6.10. The number of nitrogens with zero attached hydrogens (tertiary/aromatic N) is 2. The monoisotopic (exact) mass is 343 g/mol. The highest BCUT2D eigenvalue weighted by Crippen LogP contribution is 2.22. The first kappa shape index (κ1) is 17.8. The fourth-order valence-corrected chi connectivity index (χ4v) is 3.89. The predicted octanol–water partition coefficient (Wildman–Crippen LogP) is 2.45. The van der Waals surface area contributed by atoms with E-state index < -0.39 is 0 Å². The van der Waals surface area contributed by atoms with E-state index in [1.165, 1.54) is 0 Å². The largest absolute Gasteiger partial charge is 0.399 e. The lowest BCUT2D eigenvalue weighted by Gasteiger charge is -2.36. The highest BCUT2D eigenvalue weighted by atomic mass is 16.2. The molecule has 0 radical (unpaired) electrons. The van der Waals surface area contributed by atoms with Crippen LogP contribution in [0.15, 0.2) is 24.3 Å². The zero-order valence-corrected chi connectivity index (χ0v) is 15.0. The van der Waals surface area contributed by atoms with Gasteiger partial charge in [0, 0.05) is 44.7 Å². The predicted molar refractivity (Wildman–Crippen MR) is 98.9 cm³/mol. The van der Waals surface area contributed by atoms with Crippen molar-refractivity contribution in [2.45, 2.75) is 44.9 Å². The van der Waals surface area contributed by atoms with E-state index in [4.69, 9.17) is 5.73 Å². The zero-order valence-electron chi connectivity index (χ0n) is 15.0. The SMILES string of the molecule is Nc1ccccc1CCC(=O)N1CCC(CN2CCCCC2=O)CC1. The molecule has 2 aliphatic rings. The normalized spacial score (nSPS) is 19.3. The van der Waals surface area contributed by atoms with Gasteiger partial charge in [-0.1, -0.05) is 18.2 Å². The highest BCUT2D eigenvalue weighted by Gasteiger charge is 2.26. The average Bonchev–Trinajstić information content (AvgIpc) is 2.63. The van der Waals surface area contributed by atoms with Crippen molar-refractivity contribution >= 4 is 17.5 Å². The lowest BCUT2D eigenvalue weighted by atomic mass is 9.94. The second-order valence-electron chi connectivity index (χ2n) is 7.32. The quantitative estimate of drug-likeness (QED) is 0.835. The average molecular weight is 343 g/mol. The Morgan fingerprint density at radius 1 is 1.12 bits per heavy atom. The van der Waals surface area contributed by atoms with Crippen LogP contribution in [0.4, 0.5) is 5.69 Å². The second kappa shape index (κ2) is 8.37. The van der Waals surface area contributed by atoms with Crippen LogP contribution >= 0.6 is 0 Å². The molecule has 2 N–H and O–H groups in total. The van der Waals surface area contributed by atoms with Crippen molar-refractivity contribution in [1.82, 2.24) is 9.80 Å². The Hall–Kier alpha value is -2.04. The van der Waals surface area contributed by atoms with Crippen LogP contribution in [0.2, 0.25) is 0 Å². The summed E-state index contributed by atoms with van der Waals surface area (Å²) >= 11 is 0. The number of hydrogen-bond donors (Lipinski definition) is 1. The summed E-state index contributed by atoms with van der Waals surface area (Å²) in [6, 6.07) is 7.75. The summed E-state index contributed by atoms with van der Waals surface area (Å²) in [4.78, 5) is 28.4. The Kier molecular flexibility index (Phi) is 5.95. The first-order valence-electron chi connectivity index (χ1n) is 9.52. The summed E-state index contributed by atoms with van der Waals surface area (Å²) in [6.45, 7) is 3.42. The van der Waals surface area contributed by atoms with Crippen LogP contribution in [0.3, 0.4) is 0 Å². The van der Waals surface area contributed by atoms with Crippen molar-refractivity contribution in [2.75, 3.05) is 31.9 Å². The third-order valence-electron chi connectivity index (χ3n) is 5.53.